The number of hydrogen-bond acceptors (Lipinski definition) is 6. The molecule has 13 heteroatoms. The monoisotopic (exact) mass is 722 g/mol. The number of hydrogen-bond donors (Lipinski definition) is 0. The summed E-state index contributed by atoms with van der Waals surface area (Å²) in [6.07, 6.45) is 0. The van der Waals surface area contributed by atoms with Crippen LogP contribution < -0.4 is 265 Å². The van der Waals surface area contributed by atoms with Gasteiger partial charge in [0.1, 0.15) is 0 Å². The van der Waals surface area contributed by atoms with Gasteiger partial charge in [-0.15, -0.1) is 0 Å². The molecule has 0 bridgehead atoms. The van der Waals surface area contributed by atoms with E-state index in [0.717, 1.165) is 0 Å². The fourth-order valence-corrected chi connectivity index (χ4v) is 0. The van der Waals surface area contributed by atoms with Crippen LogP contribution in [0.5, 0.6) is 0 Å². The van der Waals surface area contributed by atoms with Crippen molar-refractivity contribution in [3.05, 3.63) is 0 Å². The van der Waals surface area contributed by atoms with E-state index in [9.17, 15) is 0 Å². The third-order valence-electron chi connectivity index (χ3n) is 0. The predicted molar refractivity (Wildman–Crippen MR) is 2.79 cm³/mol. The third kappa shape index (κ3) is 105. The van der Waals surface area contributed by atoms with Crippen molar-refractivity contribution in [3.63, 3.8) is 0 Å². The first-order valence-corrected chi connectivity index (χ1v) is 6.21. The van der Waals surface area contributed by atoms with Crippen molar-refractivity contribution in [1.82, 2.24) is 0 Å². The molecule has 0 aliphatic rings. The maximum atomic E-state index is 8.57. The molecule has 0 radical (unpaired) electrons. The molecule has 0 saturated heterocycles. The summed E-state index contributed by atoms with van der Waals surface area (Å²) in [7, 11) is 0. The second-order valence-corrected chi connectivity index (χ2v) is 2.54. The molecule has 6 nitrogen and oxygen atoms in total. The molecule has 0 aliphatic heterocycles. The molecule has 0 spiro atoms. The van der Waals surface area contributed by atoms with Gasteiger partial charge in [0.2, 0.25) is 24.0 Å². The van der Waals surface area contributed by atoms with Gasteiger partial charge < -0.3 is 44.6 Å². The van der Waals surface area contributed by atoms with E-state index in [-0.39, 0.29) is 202 Å². The molecule has 13 heavy (non-hydrogen) atoms. The summed E-state index contributed by atoms with van der Waals surface area (Å²) >= 11 is -8.03. The molecule has 0 unspecified atom stereocenters. The first-order valence-electron chi connectivity index (χ1n) is 0.926. The average Bonchev–Trinajstić information content (AvgIpc) is 1.25. The Bertz CT molecular complexity index is 35.4. The van der Waals surface area contributed by atoms with Crippen LogP contribution >= 0.6 is 0 Å². The van der Waals surface area contributed by atoms with Gasteiger partial charge in [0, 0.05) is 0 Å². The molecule has 0 atom stereocenters. The van der Waals surface area contributed by atoms with Crippen molar-refractivity contribution in [1.29, 1.82) is 0 Å². The molecule has 0 aromatic carbocycles. The second kappa shape index (κ2) is 36.7. The maximum absolute atomic E-state index is 8.57. The van der Waals surface area contributed by atoms with Crippen molar-refractivity contribution in [2.45, 2.75) is 0 Å². The summed E-state index contributed by atoms with van der Waals surface area (Å²) in [6.45, 7) is 0. The molecule has 68 valence electrons. The van der Waals surface area contributed by atoms with Crippen LogP contribution in [0.15, 0.2) is 0 Å². The van der Waals surface area contributed by atoms with Crippen LogP contribution in [0, 0.1) is 0 Å². The zero-order valence-electron chi connectivity index (χ0n) is 7.03. The standard InChI is InChI=1S/2IO3.H2I.HI.3K/c2*2-1(3)4;;;;;/h;;1H2;1H;;;/q2*-1;+1;;3*+1/p-1. The topological polar surface area (TPSA) is 138 Å². The normalized spacial score (nSPS) is 5.54. The fourth-order valence-electron chi connectivity index (χ4n) is 0. The Morgan fingerprint density at radius 3 is 0.538 bits per heavy atom. The fraction of sp³-hybridized carbons (Fsp3) is 0. The van der Waals surface area contributed by atoms with Crippen molar-refractivity contribution in [2.75, 3.05) is 0 Å². The molecule has 0 aliphatic carbocycles. The summed E-state index contributed by atoms with van der Waals surface area (Å²) in [5.41, 5.74) is 0. The van der Waals surface area contributed by atoms with Crippen LogP contribution in [0.25, 0.3) is 0 Å². The van der Waals surface area contributed by atoms with Gasteiger partial charge in [-0.2, -0.15) is 0 Å². The van der Waals surface area contributed by atoms with E-state index >= 15 is 0 Å². The molecule has 0 amide bonds. The summed E-state index contributed by atoms with van der Waals surface area (Å²) in [5.74, 6) is 0. The Labute approximate surface area is 256 Å². The maximum Gasteiger partial charge on any atom is 1.00 e. The number of halogens is 4. The van der Waals surface area contributed by atoms with E-state index in [1.165, 1.54) is 0 Å². The van der Waals surface area contributed by atoms with Gasteiger partial charge in [-0.05, 0) is 0 Å². The van der Waals surface area contributed by atoms with Crippen LogP contribution in [-0.2, 0) is 0 Å². The zero-order valence-corrected chi connectivity index (χ0v) is 25.4. The van der Waals surface area contributed by atoms with Crippen LogP contribution in [0.3, 0.4) is 0 Å². The SMILES string of the molecule is [I-].[IH2+].[K+].[K+].[K+].[O-][I+2]([O-])[O-].[O-][I+2]([O-])[O-]. The smallest absolute Gasteiger partial charge is 1.00 e. The van der Waals surface area contributed by atoms with Crippen molar-refractivity contribution >= 4 is 0 Å². The average molecular weight is 723 g/mol. The van der Waals surface area contributed by atoms with E-state index in [1.54, 1.807) is 0 Å². The van der Waals surface area contributed by atoms with Crippen LogP contribution in [-0.4, -0.2) is 0 Å². The Balaban J connectivity index is -0.00000000800. The summed E-state index contributed by atoms with van der Waals surface area (Å²) < 4.78 is 51.4. The Kier molecular flexibility index (Phi) is 121. The second-order valence-electron chi connectivity index (χ2n) is 0.378. The summed E-state index contributed by atoms with van der Waals surface area (Å²) in [5, 5.41) is 0. The minimum atomic E-state index is -4.01. The molecule has 0 aromatic rings. The Morgan fingerprint density at radius 2 is 0.538 bits per heavy atom. The van der Waals surface area contributed by atoms with E-state index < -0.39 is 42.1 Å². The van der Waals surface area contributed by atoms with E-state index in [2.05, 4.69) is 0 Å². The van der Waals surface area contributed by atoms with Crippen molar-refractivity contribution < 1.29 is 265 Å². The molecule has 0 saturated carbocycles. The third-order valence-corrected chi connectivity index (χ3v) is 0. The predicted octanol–water partition coefficient (Wildman–Crippen LogP) is -28.6. The first-order chi connectivity index (χ1) is 3.46. The van der Waals surface area contributed by atoms with Crippen LogP contribution in [0.4, 0.5) is 0 Å². The Morgan fingerprint density at radius 1 is 0.538 bits per heavy atom. The minimum Gasteiger partial charge on any atom is -1.00 e. The van der Waals surface area contributed by atoms with Crippen molar-refractivity contribution in [2.24, 2.45) is 0 Å². The molecule has 0 aromatic heterocycles. The molecule has 0 fully saturated rings. The first kappa shape index (κ1) is 42.8. The number of rotatable bonds is 0. The molecule has 0 heterocycles. The summed E-state index contributed by atoms with van der Waals surface area (Å²) in [6, 6.07) is 0. The quantitative estimate of drug-likeness (QED) is 0.180. The largest absolute Gasteiger partial charge is 1.00 e. The van der Waals surface area contributed by atoms with E-state index in [1.807, 2.05) is 0 Å². The summed E-state index contributed by atoms with van der Waals surface area (Å²) in [4.78, 5) is 0. The molecule has 0 rings (SSSR count). The van der Waals surface area contributed by atoms with Crippen molar-refractivity contribution in [3.8, 4) is 0 Å². The molecule has 0 N–H and O–H groups in total. The van der Waals surface area contributed by atoms with Gasteiger partial charge in [0.05, 0.1) is 0 Å². The van der Waals surface area contributed by atoms with Crippen LogP contribution in [0.1, 0.15) is 0 Å². The van der Waals surface area contributed by atoms with Gasteiger partial charge in [-0.25, -0.2) is 0 Å². The van der Waals surface area contributed by atoms with Crippen LogP contribution in [0.2, 0.25) is 0 Å². The van der Waals surface area contributed by atoms with E-state index in [4.69, 9.17) is 20.6 Å². The van der Waals surface area contributed by atoms with Gasteiger partial charge in [-0.3, -0.25) is 0 Å². The zero-order chi connectivity index (χ0) is 7.15. The van der Waals surface area contributed by atoms with E-state index in [0.29, 0.717) is 0 Å². The van der Waals surface area contributed by atoms with Gasteiger partial charge in [0.25, 0.3) is 42.1 Å². The van der Waals surface area contributed by atoms with Gasteiger partial charge in [0.15, 0.2) is 0 Å². The van der Waals surface area contributed by atoms with Gasteiger partial charge in [-0.1, -0.05) is 0 Å². The Hall–Kier alpha value is 7.59. The molecular weight excluding hydrogens is 721 g/mol. The minimum absolute atomic E-state index is 0. The molecular formula is H2I4K3O6+. The van der Waals surface area contributed by atoms with Gasteiger partial charge >= 0.3 is 154 Å².